The molecule has 92 valence electrons. The lowest BCUT2D eigenvalue weighted by Crippen LogP contribution is -2.45. The quantitative estimate of drug-likeness (QED) is 0.815. The highest BCUT2D eigenvalue weighted by Gasteiger charge is 2.38. The van der Waals surface area contributed by atoms with Crippen LogP contribution in [0.2, 0.25) is 0 Å². The first kappa shape index (κ1) is 12.3. The molecule has 2 rings (SSSR count). The van der Waals surface area contributed by atoms with Gasteiger partial charge in [-0.15, -0.1) is 0 Å². The van der Waals surface area contributed by atoms with Crippen LogP contribution in [-0.2, 0) is 0 Å². The second kappa shape index (κ2) is 5.44. The van der Waals surface area contributed by atoms with Gasteiger partial charge in [0.25, 0.3) is 0 Å². The predicted molar refractivity (Wildman–Crippen MR) is 73.2 cm³/mol. The molecule has 2 fully saturated rings. The number of hydrogen-bond acceptors (Lipinski definition) is 2. The van der Waals surface area contributed by atoms with E-state index in [0.29, 0.717) is 11.6 Å². The van der Waals surface area contributed by atoms with Crippen molar-refractivity contribution in [2.45, 2.75) is 70.4 Å². The third-order valence-electron chi connectivity index (χ3n) is 3.71. The van der Waals surface area contributed by atoms with Crippen molar-refractivity contribution in [3.8, 4) is 0 Å². The van der Waals surface area contributed by atoms with Crippen molar-refractivity contribution in [3.63, 3.8) is 0 Å². The Bertz CT molecular complexity index is 257. The maximum atomic E-state index is 4.78. The Morgan fingerprint density at radius 1 is 1.38 bits per heavy atom. The molecule has 2 nitrogen and oxygen atoms in total. The molecule has 1 atom stereocenters. The van der Waals surface area contributed by atoms with Crippen molar-refractivity contribution >= 4 is 16.9 Å². The fourth-order valence-corrected chi connectivity index (χ4v) is 4.07. The second-order valence-electron chi connectivity index (χ2n) is 5.33. The highest BCUT2D eigenvalue weighted by Crippen LogP contribution is 2.36. The van der Waals surface area contributed by atoms with Crippen LogP contribution in [0.4, 0.5) is 0 Å². The van der Waals surface area contributed by atoms with Gasteiger partial charge in [0.2, 0.25) is 0 Å². The van der Waals surface area contributed by atoms with E-state index >= 15 is 0 Å². The molecule has 0 radical (unpaired) electrons. The van der Waals surface area contributed by atoms with Crippen LogP contribution >= 0.6 is 11.8 Å². The zero-order valence-corrected chi connectivity index (χ0v) is 11.4. The van der Waals surface area contributed by atoms with Gasteiger partial charge < -0.3 is 5.32 Å². The van der Waals surface area contributed by atoms with Crippen molar-refractivity contribution in [1.29, 1.82) is 0 Å². The molecule has 0 bridgehead atoms. The van der Waals surface area contributed by atoms with Crippen LogP contribution in [-0.4, -0.2) is 22.5 Å². The maximum absolute atomic E-state index is 4.78. The minimum absolute atomic E-state index is 0.410. The first-order valence-corrected chi connectivity index (χ1v) is 7.71. The molecular formula is C13H24N2S. The Morgan fingerprint density at radius 2 is 2.12 bits per heavy atom. The molecule has 1 spiro atoms. The maximum Gasteiger partial charge on any atom is 0.157 e. The predicted octanol–water partition coefficient (Wildman–Crippen LogP) is 3.57. The molecule has 1 saturated heterocycles. The number of thioether (sulfide) groups is 1. The van der Waals surface area contributed by atoms with Crippen LogP contribution in [0.1, 0.15) is 58.8 Å². The fraction of sp³-hybridized carbons (Fsp3) is 0.923. The van der Waals surface area contributed by atoms with E-state index in [4.69, 9.17) is 4.99 Å². The second-order valence-corrected chi connectivity index (χ2v) is 6.29. The molecule has 2 aliphatic rings. The first-order chi connectivity index (χ1) is 7.74. The van der Waals surface area contributed by atoms with Crippen LogP contribution in [0.3, 0.4) is 0 Å². The van der Waals surface area contributed by atoms with Crippen LogP contribution in [0.15, 0.2) is 4.99 Å². The van der Waals surface area contributed by atoms with E-state index in [2.05, 4.69) is 19.2 Å². The first-order valence-electron chi connectivity index (χ1n) is 6.73. The number of nitrogens with one attached hydrogen (secondary N) is 1. The van der Waals surface area contributed by atoms with Crippen LogP contribution < -0.4 is 5.32 Å². The van der Waals surface area contributed by atoms with Crippen molar-refractivity contribution in [1.82, 2.24) is 5.32 Å². The van der Waals surface area contributed by atoms with Gasteiger partial charge in [-0.3, -0.25) is 4.99 Å². The van der Waals surface area contributed by atoms with Gasteiger partial charge in [-0.05, 0) is 26.2 Å². The summed E-state index contributed by atoms with van der Waals surface area (Å²) in [5.74, 6) is 1.24. The highest BCUT2D eigenvalue weighted by molar-refractivity contribution is 8.14. The summed E-state index contributed by atoms with van der Waals surface area (Å²) in [6, 6.07) is 0.485. The van der Waals surface area contributed by atoms with Gasteiger partial charge in [-0.2, -0.15) is 0 Å². The normalized spacial score (nSPS) is 28.2. The topological polar surface area (TPSA) is 24.4 Å². The molecule has 0 aromatic rings. The largest absolute Gasteiger partial charge is 0.359 e. The minimum Gasteiger partial charge on any atom is -0.359 e. The van der Waals surface area contributed by atoms with E-state index in [1.807, 2.05) is 11.8 Å². The summed E-state index contributed by atoms with van der Waals surface area (Å²) >= 11 is 1.94. The zero-order valence-electron chi connectivity index (χ0n) is 10.6. The SMILES string of the molecule is CCCC(C)N=C1NC2(CCCCC2)CS1. The van der Waals surface area contributed by atoms with E-state index in [1.165, 1.54) is 55.9 Å². The summed E-state index contributed by atoms with van der Waals surface area (Å²) in [6.45, 7) is 4.46. The Hall–Kier alpha value is -0.180. The monoisotopic (exact) mass is 240 g/mol. The van der Waals surface area contributed by atoms with Gasteiger partial charge in [-0.1, -0.05) is 44.4 Å². The summed E-state index contributed by atoms with van der Waals surface area (Å²) in [5, 5.41) is 4.92. The molecule has 0 amide bonds. The molecule has 1 heterocycles. The van der Waals surface area contributed by atoms with Crippen LogP contribution in [0.5, 0.6) is 0 Å². The molecule has 1 unspecified atom stereocenters. The standard InChI is InChI=1S/C13H24N2S/c1-3-7-11(2)14-12-15-13(10-16-12)8-5-4-6-9-13/h11H,3-10H2,1-2H3,(H,14,15). The third kappa shape index (κ3) is 2.93. The Morgan fingerprint density at radius 3 is 2.81 bits per heavy atom. The average Bonchev–Trinajstić information content (AvgIpc) is 2.63. The number of amidine groups is 1. The Balaban J connectivity index is 1.91. The molecule has 1 aliphatic heterocycles. The number of hydrogen-bond donors (Lipinski definition) is 1. The molecule has 3 heteroatoms. The molecular weight excluding hydrogens is 216 g/mol. The summed E-state index contributed by atoms with van der Waals surface area (Å²) < 4.78 is 0. The molecule has 1 saturated carbocycles. The van der Waals surface area contributed by atoms with Crippen LogP contribution in [0.25, 0.3) is 0 Å². The molecule has 0 aromatic heterocycles. The number of nitrogens with zero attached hydrogens (tertiary/aromatic N) is 1. The summed E-state index contributed by atoms with van der Waals surface area (Å²) in [5.41, 5.74) is 0.410. The zero-order chi connectivity index (χ0) is 11.4. The van der Waals surface area contributed by atoms with Gasteiger partial charge in [0, 0.05) is 17.3 Å². The van der Waals surface area contributed by atoms with Crippen molar-refractivity contribution in [2.75, 3.05) is 5.75 Å². The van der Waals surface area contributed by atoms with E-state index in [0.717, 1.165) is 0 Å². The smallest absolute Gasteiger partial charge is 0.157 e. The van der Waals surface area contributed by atoms with Gasteiger partial charge >= 0.3 is 0 Å². The average molecular weight is 240 g/mol. The van der Waals surface area contributed by atoms with E-state index in [9.17, 15) is 0 Å². The van der Waals surface area contributed by atoms with Gasteiger partial charge in [0.1, 0.15) is 0 Å². The Kier molecular flexibility index (Phi) is 4.17. The van der Waals surface area contributed by atoms with E-state index in [-0.39, 0.29) is 0 Å². The van der Waals surface area contributed by atoms with Gasteiger partial charge in [-0.25, -0.2) is 0 Å². The molecule has 16 heavy (non-hydrogen) atoms. The lowest BCUT2D eigenvalue weighted by molar-refractivity contribution is 0.303. The Labute approximate surface area is 104 Å². The molecule has 1 N–H and O–H groups in total. The molecule has 0 aromatic carbocycles. The van der Waals surface area contributed by atoms with Crippen molar-refractivity contribution in [3.05, 3.63) is 0 Å². The van der Waals surface area contributed by atoms with E-state index in [1.54, 1.807) is 0 Å². The summed E-state index contributed by atoms with van der Waals surface area (Å²) in [4.78, 5) is 4.78. The fourth-order valence-electron chi connectivity index (χ4n) is 2.76. The van der Waals surface area contributed by atoms with Crippen molar-refractivity contribution in [2.24, 2.45) is 4.99 Å². The number of aliphatic imine (C=N–C) groups is 1. The molecule has 1 aliphatic carbocycles. The number of rotatable bonds is 3. The lowest BCUT2D eigenvalue weighted by Gasteiger charge is -2.32. The van der Waals surface area contributed by atoms with Crippen molar-refractivity contribution < 1.29 is 0 Å². The summed E-state index contributed by atoms with van der Waals surface area (Å²) in [6.07, 6.45) is 9.35. The van der Waals surface area contributed by atoms with Gasteiger partial charge in [0.15, 0.2) is 5.17 Å². The highest BCUT2D eigenvalue weighted by atomic mass is 32.2. The van der Waals surface area contributed by atoms with Gasteiger partial charge in [0.05, 0.1) is 0 Å². The summed E-state index contributed by atoms with van der Waals surface area (Å²) in [7, 11) is 0. The van der Waals surface area contributed by atoms with E-state index < -0.39 is 0 Å². The third-order valence-corrected chi connectivity index (χ3v) is 4.89. The van der Waals surface area contributed by atoms with Crippen LogP contribution in [0, 0.1) is 0 Å². The minimum atomic E-state index is 0.410. The lowest BCUT2D eigenvalue weighted by atomic mass is 9.83.